The van der Waals surface area contributed by atoms with Crippen LogP contribution in [-0.4, -0.2) is 24.1 Å². The molecule has 1 aromatic carbocycles. The van der Waals surface area contributed by atoms with Crippen molar-refractivity contribution in [2.75, 3.05) is 18.5 Å². The van der Waals surface area contributed by atoms with Crippen LogP contribution in [-0.2, 0) is 21.1 Å². The van der Waals surface area contributed by atoms with Gasteiger partial charge in [0.2, 0.25) is 5.91 Å². The van der Waals surface area contributed by atoms with Gasteiger partial charge in [-0.2, -0.15) is 13.2 Å². The lowest BCUT2D eigenvalue weighted by Crippen LogP contribution is -2.45. The Hall–Kier alpha value is -2.68. The molecule has 144 valence electrons. The van der Waals surface area contributed by atoms with Crippen LogP contribution in [0.3, 0.4) is 0 Å². The number of halogens is 4. The Kier molecular flexibility index (Phi) is 5.05. The second kappa shape index (κ2) is 7.15. The summed E-state index contributed by atoms with van der Waals surface area (Å²) in [6, 6.07) is 6.04. The lowest BCUT2D eigenvalue weighted by molar-refractivity contribution is -0.137. The van der Waals surface area contributed by atoms with Gasteiger partial charge in [0.05, 0.1) is 11.0 Å². The lowest BCUT2D eigenvalue weighted by atomic mass is 9.73. The minimum atomic E-state index is -4.68. The number of hydrogen-bond acceptors (Lipinski definition) is 3. The number of pyridine rings is 1. The van der Waals surface area contributed by atoms with Crippen LogP contribution in [0.4, 0.5) is 23.2 Å². The molecule has 1 aliphatic heterocycles. The molecule has 1 aliphatic rings. The first-order valence-electron chi connectivity index (χ1n) is 8.17. The van der Waals surface area contributed by atoms with E-state index in [9.17, 15) is 27.2 Å². The highest BCUT2D eigenvalue weighted by Crippen LogP contribution is 2.36. The van der Waals surface area contributed by atoms with Gasteiger partial charge in [-0.05, 0) is 36.6 Å². The first-order chi connectivity index (χ1) is 12.7. The number of benzene rings is 1. The van der Waals surface area contributed by atoms with Crippen LogP contribution in [0, 0.1) is 5.82 Å². The molecule has 0 atom stereocenters. The van der Waals surface area contributed by atoms with Crippen molar-refractivity contribution in [3.63, 3.8) is 0 Å². The highest BCUT2D eigenvalue weighted by atomic mass is 19.4. The Labute approximate surface area is 151 Å². The average Bonchev–Trinajstić information content (AvgIpc) is 2.63. The zero-order chi connectivity index (χ0) is 19.7. The van der Waals surface area contributed by atoms with E-state index in [4.69, 9.17) is 4.74 Å². The number of aromatic amines is 1. The molecule has 0 bridgehead atoms. The number of hydrogen-bond donors (Lipinski definition) is 2. The maximum absolute atomic E-state index is 13.7. The number of nitrogens with one attached hydrogen (secondary N) is 2. The van der Waals surface area contributed by atoms with Crippen LogP contribution in [0.5, 0.6) is 0 Å². The highest BCUT2D eigenvalue weighted by molar-refractivity contribution is 5.99. The maximum atomic E-state index is 13.7. The lowest BCUT2D eigenvalue weighted by Gasteiger charge is -2.36. The Bertz CT molecular complexity index is 902. The molecule has 1 saturated heterocycles. The molecule has 5 nitrogen and oxygen atoms in total. The second-order valence-electron chi connectivity index (χ2n) is 6.29. The third-order valence-corrected chi connectivity index (χ3v) is 4.64. The molecule has 0 unspecified atom stereocenters. The highest BCUT2D eigenvalue weighted by Gasteiger charge is 2.42. The van der Waals surface area contributed by atoms with Gasteiger partial charge < -0.3 is 15.0 Å². The Morgan fingerprint density at radius 3 is 2.52 bits per heavy atom. The van der Waals surface area contributed by atoms with Gasteiger partial charge in [0, 0.05) is 19.4 Å². The van der Waals surface area contributed by atoms with Gasteiger partial charge in [-0.1, -0.05) is 12.1 Å². The van der Waals surface area contributed by atoms with Gasteiger partial charge in [-0.15, -0.1) is 0 Å². The number of H-pyrrole nitrogens is 1. The number of carbonyl (C=O) groups excluding carboxylic acids is 1. The van der Waals surface area contributed by atoms with Crippen molar-refractivity contribution in [1.82, 2.24) is 4.98 Å². The van der Waals surface area contributed by atoms with E-state index < -0.39 is 40.1 Å². The second-order valence-corrected chi connectivity index (χ2v) is 6.29. The van der Waals surface area contributed by atoms with Crippen molar-refractivity contribution >= 4 is 11.6 Å². The fourth-order valence-corrected chi connectivity index (χ4v) is 3.14. The topological polar surface area (TPSA) is 71.2 Å². The Balaban J connectivity index is 1.98. The van der Waals surface area contributed by atoms with Crippen molar-refractivity contribution in [3.05, 3.63) is 63.8 Å². The predicted molar refractivity (Wildman–Crippen MR) is 88.8 cm³/mol. The average molecular weight is 384 g/mol. The van der Waals surface area contributed by atoms with Crippen molar-refractivity contribution < 1.29 is 27.1 Å². The molecule has 9 heteroatoms. The molecule has 3 rings (SSSR count). The number of rotatable bonds is 3. The van der Waals surface area contributed by atoms with Crippen LogP contribution in [0.25, 0.3) is 0 Å². The number of ether oxygens (including phenoxy) is 1. The van der Waals surface area contributed by atoms with E-state index in [1.54, 1.807) is 6.07 Å². The van der Waals surface area contributed by atoms with Crippen molar-refractivity contribution in [2.24, 2.45) is 0 Å². The molecule has 1 aromatic heterocycles. The molecule has 0 radical (unpaired) electrons. The number of amides is 1. The summed E-state index contributed by atoms with van der Waals surface area (Å²) < 4.78 is 57.6. The summed E-state index contributed by atoms with van der Waals surface area (Å²) >= 11 is 0. The zero-order valence-corrected chi connectivity index (χ0v) is 14.0. The van der Waals surface area contributed by atoms with E-state index in [2.05, 4.69) is 5.32 Å². The summed E-state index contributed by atoms with van der Waals surface area (Å²) in [5, 5.41) is 2.29. The van der Waals surface area contributed by atoms with E-state index in [-0.39, 0.29) is 26.1 Å². The van der Waals surface area contributed by atoms with E-state index in [0.717, 1.165) is 0 Å². The fourth-order valence-electron chi connectivity index (χ4n) is 3.14. The number of anilines is 1. The number of carbonyl (C=O) groups is 1. The molecular weight excluding hydrogens is 368 g/mol. The van der Waals surface area contributed by atoms with Crippen molar-refractivity contribution in [1.29, 1.82) is 0 Å². The fraction of sp³-hybridized carbons (Fsp3) is 0.333. The Morgan fingerprint density at radius 1 is 1.19 bits per heavy atom. The molecule has 0 spiro atoms. The maximum Gasteiger partial charge on any atom is 0.417 e. The molecule has 2 N–H and O–H groups in total. The molecule has 2 heterocycles. The SMILES string of the molecule is O=C(Nc1cc(C(F)(F)F)c[nH]c1=O)C1(c2cccc(F)c2)CCOCC1. The van der Waals surface area contributed by atoms with E-state index in [1.165, 1.54) is 18.2 Å². The first-order valence-corrected chi connectivity index (χ1v) is 8.17. The standard InChI is InChI=1S/C18H16F4N2O3/c19-13-3-1-2-11(8-13)17(4-6-27-7-5-17)16(26)24-14-9-12(18(20,21)22)10-23-15(14)25/h1-3,8-10H,4-7H2,(H,23,25)(H,24,26). The number of aromatic nitrogens is 1. The van der Waals surface area contributed by atoms with Crippen molar-refractivity contribution in [2.45, 2.75) is 24.4 Å². The zero-order valence-electron chi connectivity index (χ0n) is 14.0. The molecule has 27 heavy (non-hydrogen) atoms. The van der Waals surface area contributed by atoms with Crippen LogP contribution in [0.1, 0.15) is 24.0 Å². The summed E-state index contributed by atoms with van der Waals surface area (Å²) in [6.45, 7) is 0.450. The molecule has 1 fully saturated rings. The molecular formula is C18H16F4N2O3. The minimum absolute atomic E-state index is 0.207. The van der Waals surface area contributed by atoms with Gasteiger partial charge in [-0.3, -0.25) is 9.59 Å². The normalized spacial score (nSPS) is 16.7. The van der Waals surface area contributed by atoms with Gasteiger partial charge in [-0.25, -0.2) is 4.39 Å². The largest absolute Gasteiger partial charge is 0.417 e. The molecule has 1 amide bonds. The van der Waals surface area contributed by atoms with Gasteiger partial charge >= 0.3 is 6.18 Å². The van der Waals surface area contributed by atoms with Crippen LogP contribution < -0.4 is 10.9 Å². The van der Waals surface area contributed by atoms with Gasteiger partial charge in [0.1, 0.15) is 11.5 Å². The monoisotopic (exact) mass is 384 g/mol. The summed E-state index contributed by atoms with van der Waals surface area (Å²) in [5.41, 5.74) is -3.30. The van der Waals surface area contributed by atoms with Crippen LogP contribution >= 0.6 is 0 Å². The van der Waals surface area contributed by atoms with Crippen LogP contribution in [0.2, 0.25) is 0 Å². The summed E-state index contributed by atoms with van der Waals surface area (Å²) in [7, 11) is 0. The van der Waals surface area contributed by atoms with E-state index in [1.807, 2.05) is 4.98 Å². The smallest absolute Gasteiger partial charge is 0.381 e. The van der Waals surface area contributed by atoms with Crippen molar-refractivity contribution in [3.8, 4) is 0 Å². The number of alkyl halides is 3. The molecule has 0 aliphatic carbocycles. The van der Waals surface area contributed by atoms with Gasteiger partial charge in [0.15, 0.2) is 0 Å². The predicted octanol–water partition coefficient (Wildman–Crippen LogP) is 3.22. The quantitative estimate of drug-likeness (QED) is 0.799. The van der Waals surface area contributed by atoms with E-state index in [0.29, 0.717) is 17.8 Å². The summed E-state index contributed by atoms with van der Waals surface area (Å²) in [5.74, 6) is -1.22. The first kappa shape index (κ1) is 19.1. The summed E-state index contributed by atoms with van der Waals surface area (Å²) in [4.78, 5) is 26.9. The van der Waals surface area contributed by atoms with E-state index >= 15 is 0 Å². The molecule has 0 saturated carbocycles. The van der Waals surface area contributed by atoms with Gasteiger partial charge in [0.25, 0.3) is 5.56 Å². The minimum Gasteiger partial charge on any atom is -0.381 e. The Morgan fingerprint density at radius 2 is 1.89 bits per heavy atom. The van der Waals surface area contributed by atoms with Crippen LogP contribution in [0.15, 0.2) is 41.3 Å². The molecule has 2 aromatic rings. The third kappa shape index (κ3) is 3.87. The summed E-state index contributed by atoms with van der Waals surface area (Å²) in [6.07, 6.45) is -3.73. The third-order valence-electron chi connectivity index (χ3n) is 4.64.